The van der Waals surface area contributed by atoms with Crippen molar-refractivity contribution >= 4 is 12.0 Å². The molecule has 1 unspecified atom stereocenters. The first-order chi connectivity index (χ1) is 18.9. The lowest BCUT2D eigenvalue weighted by molar-refractivity contribution is -0.149. The first-order valence-corrected chi connectivity index (χ1v) is 14.7. The Morgan fingerprint density at radius 3 is 2.21 bits per heavy atom. The summed E-state index contributed by atoms with van der Waals surface area (Å²) < 4.78 is 5.24. The SMILES string of the molecule is CCOC(=O)C1CCCN(CC[C@H]2CC[C@H](NC(=O)N[C@@H](C)C(O)(c3ccccc3)c3ccccc3)CC2)C1. The topological polar surface area (TPSA) is 90.9 Å². The van der Waals surface area contributed by atoms with E-state index in [2.05, 4.69) is 15.5 Å². The van der Waals surface area contributed by atoms with E-state index in [4.69, 9.17) is 4.74 Å². The fourth-order valence-electron chi connectivity index (χ4n) is 6.25. The van der Waals surface area contributed by atoms with Gasteiger partial charge in [0.1, 0.15) is 5.60 Å². The number of carbonyl (C=O) groups excluding carboxylic acids is 2. The molecule has 1 aliphatic heterocycles. The minimum atomic E-state index is -1.35. The van der Waals surface area contributed by atoms with Crippen LogP contribution >= 0.6 is 0 Å². The summed E-state index contributed by atoms with van der Waals surface area (Å²) in [7, 11) is 0. The fraction of sp³-hybridized carbons (Fsp3) is 0.562. The number of esters is 1. The van der Waals surface area contributed by atoms with E-state index in [1.165, 1.54) is 0 Å². The van der Waals surface area contributed by atoms with Gasteiger partial charge in [-0.2, -0.15) is 0 Å². The molecule has 0 spiro atoms. The number of ether oxygens (including phenoxy) is 1. The van der Waals surface area contributed by atoms with Gasteiger partial charge in [-0.3, -0.25) is 4.79 Å². The highest BCUT2D eigenvalue weighted by atomic mass is 16.5. The second kappa shape index (κ2) is 13.9. The van der Waals surface area contributed by atoms with E-state index in [-0.39, 0.29) is 24.0 Å². The molecular formula is C32H45N3O4. The molecule has 212 valence electrons. The summed E-state index contributed by atoms with van der Waals surface area (Å²) in [4.78, 5) is 27.6. The monoisotopic (exact) mass is 535 g/mol. The Morgan fingerprint density at radius 2 is 1.62 bits per heavy atom. The standard InChI is InChI=1S/C32H45N3O4/c1-3-39-30(36)26-11-10-21-35(23-26)22-20-25-16-18-29(19-17-25)34-31(37)33-24(2)32(38,27-12-6-4-7-13-27)28-14-8-5-9-15-28/h4-9,12-15,24-26,29,38H,3,10-11,16-23H2,1-2H3,(H2,33,34,37)/t24-,25-,26?,29-/m0/s1. The molecule has 7 nitrogen and oxygen atoms in total. The van der Waals surface area contributed by atoms with Crippen LogP contribution in [0, 0.1) is 11.8 Å². The van der Waals surface area contributed by atoms with Crippen LogP contribution in [-0.4, -0.2) is 60.3 Å². The van der Waals surface area contributed by atoms with E-state index >= 15 is 0 Å². The molecule has 1 saturated heterocycles. The van der Waals surface area contributed by atoms with Gasteiger partial charge in [0.25, 0.3) is 0 Å². The molecule has 0 bridgehead atoms. The maximum absolute atomic E-state index is 13.0. The summed E-state index contributed by atoms with van der Waals surface area (Å²) >= 11 is 0. The lowest BCUT2D eigenvalue weighted by Gasteiger charge is -2.37. The van der Waals surface area contributed by atoms with Crippen LogP contribution < -0.4 is 10.6 Å². The Kier molecular flexibility index (Phi) is 10.4. The van der Waals surface area contributed by atoms with E-state index in [1.807, 2.05) is 74.5 Å². The number of carbonyl (C=O) groups is 2. The van der Waals surface area contributed by atoms with E-state index < -0.39 is 11.6 Å². The van der Waals surface area contributed by atoms with Gasteiger partial charge in [0.05, 0.1) is 18.6 Å². The number of hydrogen-bond donors (Lipinski definition) is 3. The molecule has 1 aliphatic carbocycles. The van der Waals surface area contributed by atoms with Gasteiger partial charge in [-0.1, -0.05) is 60.7 Å². The predicted molar refractivity (Wildman–Crippen MR) is 153 cm³/mol. The van der Waals surface area contributed by atoms with Gasteiger partial charge >= 0.3 is 12.0 Å². The van der Waals surface area contributed by atoms with Gasteiger partial charge in [0, 0.05) is 12.6 Å². The van der Waals surface area contributed by atoms with Crippen LogP contribution in [-0.2, 0) is 15.1 Å². The quantitative estimate of drug-likeness (QED) is 0.379. The minimum Gasteiger partial charge on any atom is -0.466 e. The number of nitrogens with one attached hydrogen (secondary N) is 2. The summed E-state index contributed by atoms with van der Waals surface area (Å²) in [5.74, 6) is 0.614. The fourth-order valence-corrected chi connectivity index (χ4v) is 6.25. The van der Waals surface area contributed by atoms with Gasteiger partial charge in [0.2, 0.25) is 0 Å². The molecule has 4 rings (SSSR count). The molecule has 2 aliphatic rings. The number of likely N-dealkylation sites (tertiary alicyclic amines) is 1. The number of amides is 2. The zero-order chi connectivity index (χ0) is 27.7. The molecule has 2 amide bonds. The Balaban J connectivity index is 1.24. The predicted octanol–water partition coefficient (Wildman–Crippen LogP) is 4.83. The van der Waals surface area contributed by atoms with Gasteiger partial charge in [-0.15, -0.1) is 0 Å². The number of benzene rings is 2. The third-order valence-corrected chi connectivity index (χ3v) is 8.56. The molecule has 0 aromatic heterocycles. The third kappa shape index (κ3) is 7.61. The zero-order valence-electron chi connectivity index (χ0n) is 23.5. The largest absolute Gasteiger partial charge is 0.466 e. The number of nitrogens with zero attached hydrogens (tertiary/aromatic N) is 1. The summed E-state index contributed by atoms with van der Waals surface area (Å²) in [6.07, 6.45) is 7.21. The number of piperidine rings is 1. The number of urea groups is 1. The molecule has 1 heterocycles. The van der Waals surface area contributed by atoms with Crippen LogP contribution in [0.2, 0.25) is 0 Å². The summed E-state index contributed by atoms with van der Waals surface area (Å²) in [6, 6.07) is 18.4. The molecular weight excluding hydrogens is 490 g/mol. The maximum atomic E-state index is 13.0. The van der Waals surface area contributed by atoms with Crippen LogP contribution in [0.1, 0.15) is 69.9 Å². The molecule has 2 aromatic rings. The number of rotatable bonds is 10. The molecule has 2 atom stereocenters. The highest BCUT2D eigenvalue weighted by Crippen LogP contribution is 2.33. The lowest BCUT2D eigenvalue weighted by atomic mass is 9.81. The highest BCUT2D eigenvalue weighted by molar-refractivity contribution is 5.75. The zero-order valence-corrected chi connectivity index (χ0v) is 23.5. The van der Waals surface area contributed by atoms with Gasteiger partial charge in [-0.05, 0) is 88.9 Å². The van der Waals surface area contributed by atoms with E-state index in [0.717, 1.165) is 75.7 Å². The number of hydrogen-bond acceptors (Lipinski definition) is 5. The molecule has 3 N–H and O–H groups in total. The summed E-state index contributed by atoms with van der Waals surface area (Å²) in [5, 5.41) is 18.1. The molecule has 0 radical (unpaired) electrons. The third-order valence-electron chi connectivity index (χ3n) is 8.56. The molecule has 2 fully saturated rings. The van der Waals surface area contributed by atoms with Crippen molar-refractivity contribution in [3.8, 4) is 0 Å². The molecule has 7 heteroatoms. The maximum Gasteiger partial charge on any atom is 0.315 e. The summed E-state index contributed by atoms with van der Waals surface area (Å²) in [6.45, 7) is 7.06. The lowest BCUT2D eigenvalue weighted by Crippen LogP contribution is -2.54. The Labute approximate surface area is 233 Å². The highest BCUT2D eigenvalue weighted by Gasteiger charge is 2.39. The van der Waals surface area contributed by atoms with Crippen LogP contribution in [0.4, 0.5) is 4.79 Å². The van der Waals surface area contributed by atoms with Crippen molar-refractivity contribution in [2.45, 2.75) is 76.5 Å². The Morgan fingerprint density at radius 1 is 1.00 bits per heavy atom. The first kappa shape index (κ1) is 29.1. The second-order valence-electron chi connectivity index (χ2n) is 11.2. The first-order valence-electron chi connectivity index (χ1n) is 14.7. The molecule has 1 saturated carbocycles. The second-order valence-corrected chi connectivity index (χ2v) is 11.2. The molecule has 39 heavy (non-hydrogen) atoms. The van der Waals surface area contributed by atoms with Crippen molar-refractivity contribution in [2.75, 3.05) is 26.2 Å². The van der Waals surface area contributed by atoms with Crippen molar-refractivity contribution in [2.24, 2.45) is 11.8 Å². The summed E-state index contributed by atoms with van der Waals surface area (Å²) in [5.41, 5.74) is 0.136. The average molecular weight is 536 g/mol. The van der Waals surface area contributed by atoms with Crippen LogP contribution in [0.25, 0.3) is 0 Å². The van der Waals surface area contributed by atoms with Crippen molar-refractivity contribution in [1.29, 1.82) is 0 Å². The Bertz CT molecular complexity index is 1000. The Hall–Kier alpha value is -2.90. The number of aliphatic hydroxyl groups is 1. The van der Waals surface area contributed by atoms with Gasteiger partial charge < -0.3 is 25.4 Å². The van der Waals surface area contributed by atoms with E-state index in [0.29, 0.717) is 12.5 Å². The van der Waals surface area contributed by atoms with E-state index in [1.54, 1.807) is 0 Å². The van der Waals surface area contributed by atoms with E-state index in [9.17, 15) is 14.7 Å². The van der Waals surface area contributed by atoms with Crippen molar-refractivity contribution < 1.29 is 19.4 Å². The van der Waals surface area contributed by atoms with Crippen molar-refractivity contribution in [3.05, 3.63) is 71.8 Å². The normalized spacial score (nSPS) is 23.0. The van der Waals surface area contributed by atoms with Crippen molar-refractivity contribution in [1.82, 2.24) is 15.5 Å². The van der Waals surface area contributed by atoms with Crippen LogP contribution in [0.15, 0.2) is 60.7 Å². The molecule has 2 aromatic carbocycles. The van der Waals surface area contributed by atoms with Crippen LogP contribution in [0.3, 0.4) is 0 Å². The van der Waals surface area contributed by atoms with Crippen molar-refractivity contribution in [3.63, 3.8) is 0 Å². The smallest absolute Gasteiger partial charge is 0.315 e. The van der Waals surface area contributed by atoms with Crippen LogP contribution in [0.5, 0.6) is 0 Å². The van der Waals surface area contributed by atoms with Gasteiger partial charge in [-0.25, -0.2) is 4.79 Å². The minimum absolute atomic E-state index is 0.0148. The van der Waals surface area contributed by atoms with Gasteiger partial charge in [0.15, 0.2) is 0 Å². The average Bonchev–Trinajstić information content (AvgIpc) is 2.97.